The zero-order chi connectivity index (χ0) is 23.3. The molecule has 3 aromatic rings. The monoisotopic (exact) mass is 515 g/mol. The number of anilines is 1. The first-order valence-electron chi connectivity index (χ1n) is 10.7. The number of thiazole rings is 1. The number of aryl methyl sites for hydroxylation is 1. The molecule has 0 bridgehead atoms. The number of fused-ring (bicyclic) bond motifs is 1. The lowest BCUT2D eigenvalue weighted by molar-refractivity contribution is -0.274. The Morgan fingerprint density at radius 2 is 1.88 bits per heavy atom. The summed E-state index contributed by atoms with van der Waals surface area (Å²) in [5.74, 6) is -0.376. The van der Waals surface area contributed by atoms with Gasteiger partial charge in [-0.2, -0.15) is 0 Å². The molecule has 0 spiro atoms. The summed E-state index contributed by atoms with van der Waals surface area (Å²) in [6.45, 7) is 4.02. The average molecular weight is 516 g/mol. The van der Waals surface area contributed by atoms with Crippen LogP contribution in [0.2, 0.25) is 0 Å². The molecule has 1 aliphatic rings. The van der Waals surface area contributed by atoms with Gasteiger partial charge in [0.25, 0.3) is 0 Å². The lowest BCUT2D eigenvalue weighted by atomic mass is 10.1. The van der Waals surface area contributed by atoms with E-state index in [4.69, 9.17) is 4.74 Å². The van der Waals surface area contributed by atoms with Crippen LogP contribution >= 0.6 is 23.7 Å². The molecule has 184 valence electrons. The van der Waals surface area contributed by atoms with Crippen LogP contribution in [0.15, 0.2) is 48.5 Å². The third kappa shape index (κ3) is 7.30. The highest BCUT2D eigenvalue weighted by Gasteiger charge is 2.31. The SMILES string of the molecule is Cl.O=C(CCc1ccccc1)N(CCN1CCOCC1)c1nc2ccc(OC(F)(F)F)cc2s1. The van der Waals surface area contributed by atoms with Gasteiger partial charge < -0.3 is 9.47 Å². The van der Waals surface area contributed by atoms with Crippen LogP contribution in [-0.2, 0) is 16.0 Å². The molecule has 1 amide bonds. The molecule has 1 aliphatic heterocycles. The first kappa shape index (κ1) is 26.2. The molecular weight excluding hydrogens is 491 g/mol. The second-order valence-corrected chi connectivity index (χ2v) is 8.67. The van der Waals surface area contributed by atoms with Crippen molar-refractivity contribution in [1.82, 2.24) is 9.88 Å². The molecule has 6 nitrogen and oxygen atoms in total. The number of benzene rings is 2. The molecule has 0 N–H and O–H groups in total. The van der Waals surface area contributed by atoms with Crippen LogP contribution < -0.4 is 9.64 Å². The van der Waals surface area contributed by atoms with Crippen LogP contribution in [0.1, 0.15) is 12.0 Å². The van der Waals surface area contributed by atoms with E-state index >= 15 is 0 Å². The molecule has 11 heteroatoms. The van der Waals surface area contributed by atoms with Crippen LogP contribution in [0.5, 0.6) is 5.75 Å². The molecule has 0 aliphatic carbocycles. The summed E-state index contributed by atoms with van der Waals surface area (Å²) >= 11 is 1.19. The lowest BCUT2D eigenvalue weighted by Gasteiger charge is -2.29. The number of carbonyl (C=O) groups is 1. The molecule has 0 saturated carbocycles. The number of amides is 1. The number of hydrogen-bond donors (Lipinski definition) is 0. The predicted octanol–water partition coefficient (Wildman–Crippen LogP) is 4.91. The molecule has 1 fully saturated rings. The first-order valence-corrected chi connectivity index (χ1v) is 11.5. The number of morpholine rings is 1. The fourth-order valence-corrected chi connectivity index (χ4v) is 4.67. The molecule has 0 radical (unpaired) electrons. The summed E-state index contributed by atoms with van der Waals surface area (Å²) < 4.78 is 47.7. The zero-order valence-electron chi connectivity index (χ0n) is 18.3. The van der Waals surface area contributed by atoms with Gasteiger partial charge >= 0.3 is 6.36 Å². The van der Waals surface area contributed by atoms with Crippen LogP contribution in [0, 0.1) is 0 Å². The van der Waals surface area contributed by atoms with E-state index < -0.39 is 6.36 Å². The Morgan fingerprint density at radius 1 is 1.15 bits per heavy atom. The maximum atomic E-state index is 13.2. The second-order valence-electron chi connectivity index (χ2n) is 7.66. The minimum absolute atomic E-state index is 0. The van der Waals surface area contributed by atoms with E-state index in [1.54, 1.807) is 4.90 Å². The van der Waals surface area contributed by atoms with Gasteiger partial charge in [-0.3, -0.25) is 14.6 Å². The third-order valence-corrected chi connectivity index (χ3v) is 6.37. The number of ether oxygens (including phenoxy) is 2. The van der Waals surface area contributed by atoms with Crippen molar-refractivity contribution in [2.24, 2.45) is 0 Å². The van der Waals surface area contributed by atoms with Gasteiger partial charge in [-0.15, -0.1) is 25.6 Å². The zero-order valence-corrected chi connectivity index (χ0v) is 19.9. The second kappa shape index (κ2) is 11.8. The average Bonchev–Trinajstić information content (AvgIpc) is 3.21. The largest absolute Gasteiger partial charge is 0.573 e. The van der Waals surface area contributed by atoms with E-state index in [1.165, 1.54) is 29.5 Å². The molecule has 2 aromatic carbocycles. The smallest absolute Gasteiger partial charge is 0.406 e. The summed E-state index contributed by atoms with van der Waals surface area (Å²) in [7, 11) is 0. The fourth-order valence-electron chi connectivity index (χ4n) is 3.63. The van der Waals surface area contributed by atoms with Crippen molar-refractivity contribution in [2.45, 2.75) is 19.2 Å². The summed E-state index contributed by atoms with van der Waals surface area (Å²) in [6.07, 6.45) is -3.85. The fraction of sp³-hybridized carbons (Fsp3) is 0.391. The Labute approximate surface area is 205 Å². The van der Waals surface area contributed by atoms with E-state index in [0.717, 1.165) is 18.7 Å². The summed E-state index contributed by atoms with van der Waals surface area (Å²) in [5.41, 5.74) is 1.59. The van der Waals surface area contributed by atoms with Crippen LogP contribution in [0.4, 0.5) is 18.3 Å². The van der Waals surface area contributed by atoms with Crippen molar-refractivity contribution in [2.75, 3.05) is 44.3 Å². The number of rotatable bonds is 8. The van der Waals surface area contributed by atoms with Gasteiger partial charge in [-0.25, -0.2) is 4.98 Å². The Kier molecular flexibility index (Phi) is 9.12. The van der Waals surface area contributed by atoms with Crippen LogP contribution in [-0.4, -0.2) is 61.5 Å². The number of halogens is 4. The van der Waals surface area contributed by atoms with Crippen molar-refractivity contribution in [1.29, 1.82) is 0 Å². The highest BCUT2D eigenvalue weighted by Crippen LogP contribution is 2.33. The van der Waals surface area contributed by atoms with Crippen molar-refractivity contribution in [3.05, 3.63) is 54.1 Å². The minimum Gasteiger partial charge on any atom is -0.406 e. The van der Waals surface area contributed by atoms with E-state index in [1.807, 2.05) is 30.3 Å². The number of aromatic nitrogens is 1. The molecule has 1 aromatic heterocycles. The maximum absolute atomic E-state index is 13.2. The molecular formula is C23H25ClF3N3O3S. The standard InChI is InChI=1S/C23H24F3N3O3S.ClH/c24-23(25,26)32-18-7-8-19-20(16-18)33-22(27-19)29(11-10-28-12-14-31-15-13-28)21(30)9-6-17-4-2-1-3-5-17;/h1-5,7-8,16H,6,9-15H2;1H. The normalized spacial score (nSPS) is 14.6. The van der Waals surface area contributed by atoms with Gasteiger partial charge in [0, 0.05) is 38.7 Å². The van der Waals surface area contributed by atoms with E-state index in [2.05, 4.69) is 14.6 Å². The van der Waals surface area contributed by atoms with Crippen LogP contribution in [0.25, 0.3) is 10.2 Å². The predicted molar refractivity (Wildman–Crippen MR) is 128 cm³/mol. The van der Waals surface area contributed by atoms with E-state index in [-0.39, 0.29) is 24.1 Å². The number of hydrogen-bond acceptors (Lipinski definition) is 6. The van der Waals surface area contributed by atoms with Crippen molar-refractivity contribution >= 4 is 45.0 Å². The van der Waals surface area contributed by atoms with Gasteiger partial charge in [-0.05, 0) is 24.1 Å². The van der Waals surface area contributed by atoms with Crippen molar-refractivity contribution < 1.29 is 27.4 Å². The topological polar surface area (TPSA) is 54.9 Å². The van der Waals surface area contributed by atoms with Gasteiger partial charge in [0.2, 0.25) is 5.91 Å². The molecule has 0 atom stereocenters. The minimum atomic E-state index is -4.77. The van der Waals surface area contributed by atoms with Crippen molar-refractivity contribution in [3.8, 4) is 5.75 Å². The Balaban J connectivity index is 0.00000324. The van der Waals surface area contributed by atoms with Gasteiger partial charge in [-0.1, -0.05) is 41.7 Å². The number of nitrogens with zero attached hydrogens (tertiary/aromatic N) is 3. The highest BCUT2D eigenvalue weighted by atomic mass is 35.5. The number of carbonyl (C=O) groups excluding carboxylic acids is 1. The summed E-state index contributed by atoms with van der Waals surface area (Å²) in [5, 5.41) is 0.473. The van der Waals surface area contributed by atoms with E-state index in [0.29, 0.717) is 54.5 Å². The lowest BCUT2D eigenvalue weighted by Crippen LogP contribution is -2.43. The molecule has 34 heavy (non-hydrogen) atoms. The molecule has 2 heterocycles. The quantitative estimate of drug-likeness (QED) is 0.426. The Morgan fingerprint density at radius 3 is 2.59 bits per heavy atom. The van der Waals surface area contributed by atoms with Gasteiger partial charge in [0.1, 0.15) is 5.75 Å². The summed E-state index contributed by atoms with van der Waals surface area (Å²) in [6, 6.07) is 13.8. The van der Waals surface area contributed by atoms with Crippen LogP contribution in [0.3, 0.4) is 0 Å². The Bertz CT molecular complexity index is 1080. The van der Waals surface area contributed by atoms with Crippen molar-refractivity contribution in [3.63, 3.8) is 0 Å². The molecule has 1 saturated heterocycles. The maximum Gasteiger partial charge on any atom is 0.573 e. The molecule has 4 rings (SSSR count). The van der Waals surface area contributed by atoms with Gasteiger partial charge in [0.05, 0.1) is 23.4 Å². The Hall–Kier alpha value is -2.40. The van der Waals surface area contributed by atoms with E-state index in [9.17, 15) is 18.0 Å². The highest BCUT2D eigenvalue weighted by molar-refractivity contribution is 7.22. The first-order chi connectivity index (χ1) is 15.9. The third-order valence-electron chi connectivity index (χ3n) is 5.33. The summed E-state index contributed by atoms with van der Waals surface area (Å²) in [4.78, 5) is 21.6. The molecule has 0 unspecified atom stereocenters. The number of alkyl halides is 3. The van der Waals surface area contributed by atoms with Gasteiger partial charge in [0.15, 0.2) is 5.13 Å².